The van der Waals surface area contributed by atoms with Crippen molar-refractivity contribution in [2.75, 3.05) is 0 Å². The molecule has 0 saturated carbocycles. The van der Waals surface area contributed by atoms with E-state index in [-0.39, 0.29) is 51.4 Å². The molecule has 0 rings (SSSR count). The predicted molar refractivity (Wildman–Crippen MR) is 16.0 cm³/mol. The molecule has 0 amide bonds. The molecule has 0 aromatic heterocycles. The zero-order valence-corrected chi connectivity index (χ0v) is 6.63. The Balaban J connectivity index is 0. The van der Waals surface area contributed by atoms with Crippen LogP contribution in [0.3, 0.4) is 0 Å². The number of nitriles is 1. The average molecular weight is 107 g/mol. The van der Waals surface area contributed by atoms with Gasteiger partial charge in [0.1, 0.15) is 0 Å². The third-order valence-corrected chi connectivity index (χ3v) is 0.143. The van der Waals surface area contributed by atoms with Crippen LogP contribution >= 0.6 is 0 Å². The number of rotatable bonds is 1. The summed E-state index contributed by atoms with van der Waals surface area (Å²) in [6.45, 7) is 0. The van der Waals surface area contributed by atoms with E-state index in [0.717, 1.165) is 6.42 Å². The van der Waals surface area contributed by atoms with Crippen LogP contribution in [0.1, 0.15) is 0 Å². The summed E-state index contributed by atoms with van der Waals surface area (Å²) >= 11 is 0. The molecule has 0 heterocycles. The van der Waals surface area contributed by atoms with Gasteiger partial charge in [-0.25, -0.2) is 11.7 Å². The Morgan fingerprint density at radius 1 is 1.83 bits per heavy atom. The molecule has 26 valence electrons. The second-order valence-electron chi connectivity index (χ2n) is 0.432. The number of carbonyl (C=O) groups is 1. The maximum absolute atomic E-state index is 9.13. The third-order valence-electron chi connectivity index (χ3n) is 0.143. The molecule has 0 atom stereocenters. The van der Waals surface area contributed by atoms with Crippen molar-refractivity contribution in [3.05, 3.63) is 6.42 Å². The molecule has 3 heteroatoms. The van der Waals surface area contributed by atoms with Crippen LogP contribution in [0.2, 0.25) is 0 Å². The molecule has 2 nitrogen and oxygen atoms in total. The number of carbonyl (C=O) groups excluding carboxylic acids is 1. The van der Waals surface area contributed by atoms with Crippen LogP contribution < -0.4 is 51.4 Å². The van der Waals surface area contributed by atoms with Crippen molar-refractivity contribution in [1.29, 1.82) is 5.26 Å². The summed E-state index contributed by atoms with van der Waals surface area (Å²) in [5, 5.41) is 7.53. The number of nitrogens with zero attached hydrogens (tertiary/aromatic N) is 1. The van der Waals surface area contributed by atoms with E-state index in [2.05, 4.69) is 0 Å². The van der Waals surface area contributed by atoms with Crippen LogP contribution in [0, 0.1) is 17.8 Å². The number of aldehydes is 1. The van der Waals surface area contributed by atoms with Crippen LogP contribution in [0.4, 0.5) is 0 Å². The van der Waals surface area contributed by atoms with Gasteiger partial charge in [0.25, 0.3) is 0 Å². The molecule has 0 bridgehead atoms. The molecule has 0 aliphatic carbocycles. The van der Waals surface area contributed by atoms with Gasteiger partial charge < -0.3 is 4.79 Å². The Morgan fingerprint density at radius 2 is 2.33 bits per heavy atom. The molecule has 0 unspecified atom stereocenters. The maximum Gasteiger partial charge on any atom is 1.00 e. The van der Waals surface area contributed by atoms with Gasteiger partial charge in [-0.2, -0.15) is 0 Å². The van der Waals surface area contributed by atoms with Gasteiger partial charge >= 0.3 is 51.4 Å². The standard InChI is InChI=1S/C3H2NO.K/c4-2-1-3-5;/h1,3H;/q-1;+1. The monoisotopic (exact) mass is 107 g/mol. The van der Waals surface area contributed by atoms with Crippen molar-refractivity contribution in [2.24, 2.45) is 0 Å². The first-order valence-corrected chi connectivity index (χ1v) is 1.08. The minimum atomic E-state index is 0. The van der Waals surface area contributed by atoms with Crippen molar-refractivity contribution in [2.45, 2.75) is 0 Å². The fourth-order valence-electron chi connectivity index (χ4n) is 0.0304. The molecule has 6 heavy (non-hydrogen) atoms. The first-order valence-electron chi connectivity index (χ1n) is 1.08. The normalized spacial score (nSPS) is 3.83. The quantitative estimate of drug-likeness (QED) is 0.202. The van der Waals surface area contributed by atoms with E-state index < -0.39 is 0 Å². The summed E-state index contributed by atoms with van der Waals surface area (Å²) in [5.41, 5.74) is 0. The van der Waals surface area contributed by atoms with Gasteiger partial charge in [0, 0.05) is 0 Å². The molecular weight excluding hydrogens is 105 g/mol. The van der Waals surface area contributed by atoms with E-state index in [1.807, 2.05) is 0 Å². The van der Waals surface area contributed by atoms with Gasteiger partial charge in [-0.05, 0) is 6.29 Å². The third kappa shape index (κ3) is 8.82. The molecule has 0 spiro atoms. The largest absolute Gasteiger partial charge is 1.00 e. The van der Waals surface area contributed by atoms with Gasteiger partial charge in [-0.1, -0.05) is 6.07 Å². The minimum Gasteiger partial charge on any atom is -0.337 e. The van der Waals surface area contributed by atoms with Gasteiger partial charge in [0.15, 0.2) is 0 Å². The van der Waals surface area contributed by atoms with E-state index >= 15 is 0 Å². The van der Waals surface area contributed by atoms with Crippen molar-refractivity contribution < 1.29 is 56.2 Å². The topological polar surface area (TPSA) is 40.9 Å². The summed E-state index contributed by atoms with van der Waals surface area (Å²) in [5.74, 6) is 0. The van der Waals surface area contributed by atoms with Gasteiger partial charge in [0.05, 0.1) is 0 Å². The van der Waals surface area contributed by atoms with Crippen LogP contribution in [0.25, 0.3) is 0 Å². The van der Waals surface area contributed by atoms with E-state index in [1.54, 1.807) is 0 Å². The second kappa shape index (κ2) is 9.18. The van der Waals surface area contributed by atoms with Crippen LogP contribution in [0.5, 0.6) is 0 Å². The Morgan fingerprint density at radius 3 is 2.33 bits per heavy atom. The van der Waals surface area contributed by atoms with Crippen molar-refractivity contribution in [3.63, 3.8) is 0 Å². The summed E-state index contributed by atoms with van der Waals surface area (Å²) in [6.07, 6.45) is 1.32. The first kappa shape index (κ1) is 9.83. The van der Waals surface area contributed by atoms with Crippen molar-refractivity contribution >= 4 is 6.29 Å². The summed E-state index contributed by atoms with van der Waals surface area (Å²) in [4.78, 5) is 9.13. The van der Waals surface area contributed by atoms with Crippen LogP contribution in [0.15, 0.2) is 0 Å². The van der Waals surface area contributed by atoms with E-state index in [4.69, 9.17) is 10.1 Å². The van der Waals surface area contributed by atoms with E-state index in [9.17, 15) is 0 Å². The average Bonchev–Trinajstić information content (AvgIpc) is 1.41. The first-order chi connectivity index (χ1) is 2.41. The zero-order valence-electron chi connectivity index (χ0n) is 3.51. The molecule has 0 aliphatic heterocycles. The molecule has 0 aromatic rings. The fourth-order valence-corrected chi connectivity index (χ4v) is 0.0304. The molecular formula is C3H2KNO. The molecule has 0 saturated heterocycles. The smallest absolute Gasteiger partial charge is 0.337 e. The van der Waals surface area contributed by atoms with E-state index in [0.29, 0.717) is 6.29 Å². The Bertz CT molecular complexity index is 65.7. The van der Waals surface area contributed by atoms with Crippen LogP contribution in [-0.4, -0.2) is 6.29 Å². The Kier molecular flexibility index (Phi) is 15.0. The molecule has 0 aliphatic rings. The molecule has 0 fully saturated rings. The second-order valence-corrected chi connectivity index (χ2v) is 0.432. The predicted octanol–water partition coefficient (Wildman–Crippen LogP) is -3.08. The summed E-state index contributed by atoms with van der Waals surface area (Å²) in [6, 6.07) is 1.52. The van der Waals surface area contributed by atoms with Gasteiger partial charge in [-0.3, -0.25) is 0 Å². The Labute approximate surface area is 78.9 Å². The number of hydrogen-bond donors (Lipinski definition) is 0. The van der Waals surface area contributed by atoms with Gasteiger partial charge in [-0.15, -0.1) is 0 Å². The maximum atomic E-state index is 9.13. The van der Waals surface area contributed by atoms with E-state index in [1.165, 1.54) is 6.07 Å². The number of hydrogen-bond acceptors (Lipinski definition) is 2. The van der Waals surface area contributed by atoms with Crippen LogP contribution in [-0.2, 0) is 4.79 Å². The molecule has 0 N–H and O–H groups in total. The minimum absolute atomic E-state index is 0. The fraction of sp³-hybridized carbons (Fsp3) is 0. The zero-order chi connectivity index (χ0) is 4.12. The Hall–Kier alpha value is 0.666. The molecule has 0 aromatic carbocycles. The summed E-state index contributed by atoms with van der Waals surface area (Å²) < 4.78 is 0. The van der Waals surface area contributed by atoms with Gasteiger partial charge in [0.2, 0.25) is 0 Å². The van der Waals surface area contributed by atoms with Crippen molar-refractivity contribution in [3.8, 4) is 6.07 Å². The summed E-state index contributed by atoms with van der Waals surface area (Å²) in [7, 11) is 0. The van der Waals surface area contributed by atoms with Crippen molar-refractivity contribution in [1.82, 2.24) is 0 Å². The molecule has 0 radical (unpaired) electrons. The SMILES string of the molecule is N#C[CH-]C=O.[K+].